The molecule has 0 aliphatic carbocycles. The van der Waals surface area contributed by atoms with Crippen LogP contribution in [0.25, 0.3) is 0 Å². The van der Waals surface area contributed by atoms with Gasteiger partial charge in [0.2, 0.25) is 0 Å². The summed E-state index contributed by atoms with van der Waals surface area (Å²) in [4.78, 5) is 15.2. The molecule has 3 heteroatoms. The molecular formula is C10H10N2O. The van der Waals surface area contributed by atoms with E-state index >= 15 is 0 Å². The summed E-state index contributed by atoms with van der Waals surface area (Å²) < 4.78 is 0. The molecule has 0 fully saturated rings. The summed E-state index contributed by atoms with van der Waals surface area (Å²) in [6, 6.07) is 3.58. The predicted molar refractivity (Wildman–Crippen MR) is 48.4 cm³/mol. The molecule has 13 heavy (non-hydrogen) atoms. The number of ketones is 1. The highest BCUT2D eigenvalue weighted by Gasteiger charge is 2.09. The van der Waals surface area contributed by atoms with E-state index in [1.54, 1.807) is 13.0 Å². The molecule has 0 N–H and O–H groups in total. The number of hydrogen-bond donors (Lipinski definition) is 0. The molecule has 0 bridgehead atoms. The Kier molecular flexibility index (Phi) is 2.43. The maximum absolute atomic E-state index is 11.2. The standard InChI is InChI=1S/C10H10N2O/c1-6-4-9(5-11)12-7(2)10(6)8(3)13/h4H,1-3H3. The monoisotopic (exact) mass is 174 g/mol. The zero-order chi connectivity index (χ0) is 10.0. The molecule has 1 heterocycles. The van der Waals surface area contributed by atoms with Crippen molar-refractivity contribution in [2.24, 2.45) is 0 Å². The number of Topliss-reactive ketones (excluding diaryl/α,β-unsaturated/α-hetero) is 1. The fraction of sp³-hybridized carbons (Fsp3) is 0.300. The number of nitrogens with zero attached hydrogens (tertiary/aromatic N) is 2. The Bertz CT molecular complexity index is 379. The quantitative estimate of drug-likeness (QED) is 0.610. The fourth-order valence-corrected chi connectivity index (χ4v) is 1.42. The van der Waals surface area contributed by atoms with Gasteiger partial charge in [0.25, 0.3) is 0 Å². The average molecular weight is 174 g/mol. The highest BCUT2D eigenvalue weighted by molar-refractivity contribution is 5.96. The van der Waals surface area contributed by atoms with E-state index in [1.165, 1.54) is 6.92 Å². The van der Waals surface area contributed by atoms with Crippen LogP contribution in [0.1, 0.15) is 34.2 Å². The van der Waals surface area contributed by atoms with Crippen LogP contribution in [0.2, 0.25) is 0 Å². The first-order chi connectivity index (χ1) is 6.06. The third-order valence-corrected chi connectivity index (χ3v) is 1.86. The average Bonchev–Trinajstić information content (AvgIpc) is 2.02. The molecule has 0 atom stereocenters. The number of pyridine rings is 1. The summed E-state index contributed by atoms with van der Waals surface area (Å²) in [5.41, 5.74) is 2.43. The van der Waals surface area contributed by atoms with Gasteiger partial charge in [-0.15, -0.1) is 0 Å². The molecule has 0 saturated carbocycles. The van der Waals surface area contributed by atoms with Gasteiger partial charge in [-0.2, -0.15) is 5.26 Å². The van der Waals surface area contributed by atoms with Crippen LogP contribution in [-0.2, 0) is 0 Å². The van der Waals surface area contributed by atoms with Crippen molar-refractivity contribution in [3.8, 4) is 6.07 Å². The predicted octanol–water partition coefficient (Wildman–Crippen LogP) is 1.77. The van der Waals surface area contributed by atoms with Gasteiger partial charge in [-0.3, -0.25) is 4.79 Å². The lowest BCUT2D eigenvalue weighted by Gasteiger charge is -2.04. The van der Waals surface area contributed by atoms with Crippen LogP contribution >= 0.6 is 0 Å². The zero-order valence-corrected chi connectivity index (χ0v) is 7.88. The summed E-state index contributed by atoms with van der Waals surface area (Å²) in [5.74, 6) is -0.00742. The lowest BCUT2D eigenvalue weighted by molar-refractivity contribution is 0.101. The molecule has 1 rings (SSSR count). The zero-order valence-electron chi connectivity index (χ0n) is 7.88. The Labute approximate surface area is 77.0 Å². The first kappa shape index (κ1) is 9.40. The Balaban J connectivity index is 3.42. The van der Waals surface area contributed by atoms with Crippen LogP contribution in [-0.4, -0.2) is 10.8 Å². The first-order valence-corrected chi connectivity index (χ1v) is 3.95. The summed E-state index contributed by atoms with van der Waals surface area (Å²) in [6.07, 6.45) is 0. The van der Waals surface area contributed by atoms with E-state index in [0.717, 1.165) is 5.56 Å². The van der Waals surface area contributed by atoms with Crippen molar-refractivity contribution in [3.63, 3.8) is 0 Å². The molecule has 0 amide bonds. The molecule has 0 aliphatic rings. The number of carbonyl (C=O) groups excluding carboxylic acids is 1. The number of carbonyl (C=O) groups is 1. The van der Waals surface area contributed by atoms with Crippen LogP contribution < -0.4 is 0 Å². The van der Waals surface area contributed by atoms with E-state index in [-0.39, 0.29) is 5.78 Å². The van der Waals surface area contributed by atoms with Crippen molar-refractivity contribution < 1.29 is 4.79 Å². The van der Waals surface area contributed by atoms with Gasteiger partial charge in [-0.25, -0.2) is 4.98 Å². The van der Waals surface area contributed by atoms with E-state index in [0.29, 0.717) is 17.0 Å². The molecule has 0 radical (unpaired) electrons. The minimum absolute atomic E-state index is 0.00742. The maximum Gasteiger partial charge on any atom is 0.161 e. The molecule has 66 valence electrons. The van der Waals surface area contributed by atoms with Crippen LogP contribution in [0.15, 0.2) is 6.07 Å². The highest BCUT2D eigenvalue weighted by atomic mass is 16.1. The molecule has 0 unspecified atom stereocenters. The smallest absolute Gasteiger partial charge is 0.161 e. The van der Waals surface area contributed by atoms with Gasteiger partial charge in [0, 0.05) is 11.3 Å². The molecule has 0 aromatic carbocycles. The van der Waals surface area contributed by atoms with Gasteiger partial charge in [0.15, 0.2) is 5.78 Å². The minimum Gasteiger partial charge on any atom is -0.294 e. The number of aryl methyl sites for hydroxylation is 2. The van der Waals surface area contributed by atoms with Crippen LogP contribution in [0, 0.1) is 25.2 Å². The summed E-state index contributed by atoms with van der Waals surface area (Å²) in [7, 11) is 0. The molecule has 3 nitrogen and oxygen atoms in total. The summed E-state index contributed by atoms with van der Waals surface area (Å²) in [5, 5.41) is 8.62. The minimum atomic E-state index is -0.00742. The second-order valence-corrected chi connectivity index (χ2v) is 2.95. The molecule has 0 spiro atoms. The molecular weight excluding hydrogens is 164 g/mol. The van der Waals surface area contributed by atoms with Gasteiger partial charge in [-0.1, -0.05) is 0 Å². The van der Waals surface area contributed by atoms with Crippen molar-refractivity contribution in [3.05, 3.63) is 28.6 Å². The third kappa shape index (κ3) is 1.73. The summed E-state index contributed by atoms with van der Waals surface area (Å²) >= 11 is 0. The Morgan fingerprint density at radius 2 is 2.15 bits per heavy atom. The van der Waals surface area contributed by atoms with Crippen molar-refractivity contribution in [1.29, 1.82) is 5.26 Å². The number of nitriles is 1. The van der Waals surface area contributed by atoms with Gasteiger partial charge in [-0.05, 0) is 32.4 Å². The Hall–Kier alpha value is -1.69. The van der Waals surface area contributed by atoms with Gasteiger partial charge in [0.05, 0.1) is 0 Å². The largest absolute Gasteiger partial charge is 0.294 e. The van der Waals surface area contributed by atoms with E-state index in [2.05, 4.69) is 4.98 Å². The maximum atomic E-state index is 11.2. The van der Waals surface area contributed by atoms with E-state index < -0.39 is 0 Å². The van der Waals surface area contributed by atoms with Crippen LogP contribution in [0.4, 0.5) is 0 Å². The molecule has 0 saturated heterocycles. The van der Waals surface area contributed by atoms with E-state index in [4.69, 9.17) is 5.26 Å². The molecule has 0 aliphatic heterocycles. The first-order valence-electron chi connectivity index (χ1n) is 3.95. The van der Waals surface area contributed by atoms with E-state index in [1.807, 2.05) is 13.0 Å². The number of rotatable bonds is 1. The lowest BCUT2D eigenvalue weighted by Crippen LogP contribution is -2.03. The van der Waals surface area contributed by atoms with Crippen LogP contribution in [0.3, 0.4) is 0 Å². The second-order valence-electron chi connectivity index (χ2n) is 2.95. The van der Waals surface area contributed by atoms with E-state index in [9.17, 15) is 4.79 Å². The number of hydrogen-bond acceptors (Lipinski definition) is 3. The Morgan fingerprint density at radius 3 is 2.54 bits per heavy atom. The van der Waals surface area contributed by atoms with Crippen molar-refractivity contribution >= 4 is 5.78 Å². The van der Waals surface area contributed by atoms with Gasteiger partial charge < -0.3 is 0 Å². The fourth-order valence-electron chi connectivity index (χ4n) is 1.42. The molecule has 1 aromatic heterocycles. The van der Waals surface area contributed by atoms with Crippen molar-refractivity contribution in [1.82, 2.24) is 4.98 Å². The Morgan fingerprint density at radius 1 is 1.54 bits per heavy atom. The summed E-state index contributed by atoms with van der Waals surface area (Å²) in [6.45, 7) is 5.06. The lowest BCUT2D eigenvalue weighted by atomic mass is 10.0. The molecule has 1 aromatic rings. The van der Waals surface area contributed by atoms with Crippen LogP contribution in [0.5, 0.6) is 0 Å². The topological polar surface area (TPSA) is 53.8 Å². The SMILES string of the molecule is CC(=O)c1c(C)cc(C#N)nc1C. The van der Waals surface area contributed by atoms with Gasteiger partial charge >= 0.3 is 0 Å². The third-order valence-electron chi connectivity index (χ3n) is 1.86. The normalized spacial score (nSPS) is 9.38. The number of aromatic nitrogens is 1. The highest BCUT2D eigenvalue weighted by Crippen LogP contribution is 2.13. The van der Waals surface area contributed by atoms with Crippen molar-refractivity contribution in [2.75, 3.05) is 0 Å². The van der Waals surface area contributed by atoms with Gasteiger partial charge in [0.1, 0.15) is 11.8 Å². The van der Waals surface area contributed by atoms with Crippen molar-refractivity contribution in [2.45, 2.75) is 20.8 Å². The second kappa shape index (κ2) is 3.36.